The van der Waals surface area contributed by atoms with E-state index in [2.05, 4.69) is 182 Å². The largest absolute Gasteiger partial charge is 0.493 e. The van der Waals surface area contributed by atoms with E-state index in [4.69, 9.17) is 28.9 Å². The summed E-state index contributed by atoms with van der Waals surface area (Å²) < 4.78 is 28.0. The molecule has 12 heteroatoms. The fourth-order valence-electron chi connectivity index (χ4n) is 14.4. The van der Waals surface area contributed by atoms with E-state index >= 15 is 0 Å². The van der Waals surface area contributed by atoms with Gasteiger partial charge in [-0.2, -0.15) is 0 Å². The zero-order chi connectivity index (χ0) is 74.2. The lowest BCUT2D eigenvalue weighted by atomic mass is 10.0. The standard InChI is InChI=1S/C95H113N5O6S/c1-6-11-16-21-26-33-64-100-83-40-31-32-45-89(83)107-90-63-50-71(69-84(90)100)49-54-74-77-57-61-81(98-77)91(93-85(103-65-34-27-22-17-12-7-2)41-38-42-86(93)104-66-35-28-23-18-13-8-3)79-59-55-75(96-79)73(53-48-70-46-51-72(52-47-70)95(101)102)76-56-60-80(97-76)92(82-62-58-78(74)99-82)94-87(105-67-36-29-24-19-14-9-4)43-39-44-88(94)106-68-37-30-25-20-15-10-5/h31-32,38-47,50-52,55-63,69,96,99H,6-30,33-37,64-68H2,1-5H3,(H,101,102). The van der Waals surface area contributed by atoms with Gasteiger partial charge < -0.3 is 38.9 Å². The van der Waals surface area contributed by atoms with E-state index in [-0.39, 0.29) is 5.56 Å². The van der Waals surface area contributed by atoms with Gasteiger partial charge in [0.2, 0.25) is 0 Å². The van der Waals surface area contributed by atoms with E-state index in [1.165, 1.54) is 156 Å². The monoisotopic (exact) mass is 1450 g/mol. The second-order valence-electron chi connectivity index (χ2n) is 28.8. The summed E-state index contributed by atoms with van der Waals surface area (Å²) in [5, 5.41) is 9.91. The molecule has 0 amide bonds. The van der Waals surface area contributed by atoms with Crippen LogP contribution in [0.4, 0.5) is 11.4 Å². The summed E-state index contributed by atoms with van der Waals surface area (Å²) in [6.45, 7) is 14.4. The highest BCUT2D eigenvalue weighted by Crippen LogP contribution is 2.50. The lowest BCUT2D eigenvalue weighted by Gasteiger charge is -2.33. The van der Waals surface area contributed by atoms with E-state index in [1.54, 1.807) is 24.3 Å². The van der Waals surface area contributed by atoms with Crippen molar-refractivity contribution in [3.8, 4) is 68.9 Å². The Morgan fingerprint density at radius 1 is 0.374 bits per heavy atom. The summed E-state index contributed by atoms with van der Waals surface area (Å²) in [7, 11) is 0. The lowest BCUT2D eigenvalue weighted by molar-refractivity contribution is 0.0696. The van der Waals surface area contributed by atoms with Crippen LogP contribution in [-0.4, -0.2) is 64.0 Å². The summed E-state index contributed by atoms with van der Waals surface area (Å²) in [4.78, 5) is 36.5. The maximum atomic E-state index is 12.1. The molecular weight excluding hydrogens is 1340 g/mol. The summed E-state index contributed by atoms with van der Waals surface area (Å²) >= 11 is 1.83. The molecule has 0 atom stereocenters. The lowest BCUT2D eigenvalue weighted by Crippen LogP contribution is -2.22. The van der Waals surface area contributed by atoms with Crippen LogP contribution in [0.1, 0.15) is 283 Å². The molecule has 8 aromatic rings. The number of nitrogens with zero attached hydrogens (tertiary/aromatic N) is 3. The number of hydrogen-bond donors (Lipinski definition) is 3. The quantitative estimate of drug-likeness (QED) is 0.0251. The smallest absolute Gasteiger partial charge is 0.335 e. The molecule has 11 nitrogen and oxygen atoms in total. The van der Waals surface area contributed by atoms with Crippen LogP contribution in [-0.2, 0) is 0 Å². The summed E-state index contributed by atoms with van der Waals surface area (Å²) in [5.41, 5.74) is 14.5. The Morgan fingerprint density at radius 2 is 0.748 bits per heavy atom. The molecule has 560 valence electrons. The van der Waals surface area contributed by atoms with Crippen molar-refractivity contribution < 1.29 is 28.8 Å². The molecule has 3 aromatic heterocycles. The normalized spacial score (nSPS) is 12.0. The molecule has 0 saturated heterocycles. The third-order valence-corrected chi connectivity index (χ3v) is 21.5. The number of H-pyrrole nitrogens is 2. The first-order chi connectivity index (χ1) is 52.8. The van der Waals surface area contributed by atoms with E-state index in [0.717, 1.165) is 120 Å². The van der Waals surface area contributed by atoms with E-state index in [1.807, 2.05) is 30.0 Å². The number of benzene rings is 5. The molecule has 11 rings (SSSR count). The average Bonchev–Trinajstić information content (AvgIpc) is 1.71. The number of aromatic carboxylic acids is 1. The minimum absolute atomic E-state index is 0.188. The van der Waals surface area contributed by atoms with Gasteiger partial charge in [0, 0.05) is 49.6 Å². The van der Waals surface area contributed by atoms with Crippen molar-refractivity contribution in [1.29, 1.82) is 0 Å². The van der Waals surface area contributed by atoms with Crippen molar-refractivity contribution in [2.45, 2.75) is 237 Å². The van der Waals surface area contributed by atoms with Crippen molar-refractivity contribution >= 4 is 75.5 Å². The number of rotatable bonds is 42. The number of aromatic nitrogens is 4. The zero-order valence-corrected chi connectivity index (χ0v) is 65.2. The van der Waals surface area contributed by atoms with Gasteiger partial charge in [-0.1, -0.05) is 255 Å². The molecule has 0 saturated carbocycles. The number of para-hydroxylation sites is 1. The highest BCUT2D eigenvalue weighted by atomic mass is 32.2. The topological polar surface area (TPSA) is 135 Å². The third kappa shape index (κ3) is 21.9. The number of hydrogen-bond acceptors (Lipinski definition) is 9. The molecule has 0 radical (unpaired) electrons. The number of fused-ring (bicyclic) bond motifs is 10. The highest BCUT2D eigenvalue weighted by molar-refractivity contribution is 7.99. The van der Waals surface area contributed by atoms with Crippen LogP contribution >= 0.6 is 11.8 Å². The van der Waals surface area contributed by atoms with Crippen LogP contribution in [0.3, 0.4) is 0 Å². The van der Waals surface area contributed by atoms with Crippen molar-refractivity contribution in [3.63, 3.8) is 0 Å². The predicted molar refractivity (Wildman–Crippen MR) is 448 cm³/mol. The van der Waals surface area contributed by atoms with Gasteiger partial charge in [-0.3, -0.25) is 0 Å². The first kappa shape index (κ1) is 78.7. The van der Waals surface area contributed by atoms with Crippen molar-refractivity contribution in [2.75, 3.05) is 37.9 Å². The Balaban J connectivity index is 1.16. The number of anilines is 2. The van der Waals surface area contributed by atoms with Gasteiger partial charge in [-0.15, -0.1) is 0 Å². The maximum Gasteiger partial charge on any atom is 0.335 e. The first-order valence-electron chi connectivity index (χ1n) is 40.8. The molecule has 0 unspecified atom stereocenters. The van der Waals surface area contributed by atoms with Gasteiger partial charge in [-0.25, -0.2) is 14.8 Å². The average molecular weight is 1450 g/mol. The molecule has 3 aliphatic heterocycles. The molecule has 0 spiro atoms. The second kappa shape index (κ2) is 42.3. The number of nitrogens with one attached hydrogen (secondary N) is 2. The molecule has 3 aliphatic rings. The summed E-state index contributed by atoms with van der Waals surface area (Å²) in [5.74, 6) is 16.4. The Hall–Kier alpha value is -9.36. The van der Waals surface area contributed by atoms with Crippen LogP contribution in [0.15, 0.2) is 137 Å². The highest BCUT2D eigenvalue weighted by Gasteiger charge is 2.27. The van der Waals surface area contributed by atoms with Crippen LogP contribution in [0.5, 0.6) is 23.0 Å². The van der Waals surface area contributed by atoms with E-state index in [9.17, 15) is 9.90 Å². The minimum Gasteiger partial charge on any atom is -0.493 e. The Kier molecular flexibility index (Phi) is 31.1. The molecule has 5 aromatic carbocycles. The molecular formula is C95H113N5O6S. The molecule has 6 heterocycles. The van der Waals surface area contributed by atoms with Crippen molar-refractivity contribution in [3.05, 3.63) is 178 Å². The van der Waals surface area contributed by atoms with Gasteiger partial charge in [0.05, 0.1) is 99.4 Å². The van der Waals surface area contributed by atoms with E-state index in [0.29, 0.717) is 83.3 Å². The third-order valence-electron chi connectivity index (χ3n) is 20.4. The van der Waals surface area contributed by atoms with Crippen LogP contribution in [0.2, 0.25) is 0 Å². The summed E-state index contributed by atoms with van der Waals surface area (Å²) in [6, 6.07) is 43.1. The fourth-order valence-corrected chi connectivity index (χ4v) is 15.5. The molecule has 8 bridgehead atoms. The predicted octanol–water partition coefficient (Wildman–Crippen LogP) is 26.4. The number of unbranched alkanes of at least 4 members (excludes halogenated alkanes) is 25. The number of ether oxygens (including phenoxy) is 4. The number of carboxylic acid groups (broad SMARTS) is 1. The number of carboxylic acids is 1. The summed E-state index contributed by atoms with van der Waals surface area (Å²) in [6.07, 6.45) is 42.9. The SMILES string of the molecule is CCCCCCCCOc1cccc(OCCCCCCCC)c1-c1c2nc(c(C#Cc3ccc4c(c3)N(CCCCCCCC)c3ccccc3S4)c3ccc([nH]3)c(-c3c(OCCCCCCCC)cccc3OCCCCCCCC)c3nc(c(C#Cc4ccc(C(=O)O)cc4)c4ccc1[nH]4)C=C3)C=C2. The fraction of sp³-hybridized carbons (Fsp3) is 0.421. The van der Waals surface area contributed by atoms with Crippen molar-refractivity contribution in [2.24, 2.45) is 0 Å². The second-order valence-corrected chi connectivity index (χ2v) is 29.9. The molecule has 0 aliphatic carbocycles. The Bertz CT molecular complexity index is 4440. The van der Waals surface area contributed by atoms with Gasteiger partial charge in [0.15, 0.2) is 0 Å². The van der Waals surface area contributed by atoms with Crippen molar-refractivity contribution in [1.82, 2.24) is 19.9 Å². The number of carbonyl (C=O) groups is 1. The molecule has 3 N–H and O–H groups in total. The van der Waals surface area contributed by atoms with Crippen LogP contribution in [0.25, 0.3) is 68.6 Å². The van der Waals surface area contributed by atoms with Gasteiger partial charge in [-0.05, 0) is 160 Å². The van der Waals surface area contributed by atoms with Gasteiger partial charge in [0.1, 0.15) is 23.0 Å². The molecule has 0 fully saturated rings. The van der Waals surface area contributed by atoms with Gasteiger partial charge in [0.25, 0.3) is 0 Å². The first-order valence-corrected chi connectivity index (χ1v) is 41.6. The van der Waals surface area contributed by atoms with E-state index < -0.39 is 5.97 Å². The van der Waals surface area contributed by atoms with Crippen LogP contribution < -0.4 is 23.8 Å². The maximum absolute atomic E-state index is 12.1. The Morgan fingerprint density at radius 3 is 1.19 bits per heavy atom. The van der Waals surface area contributed by atoms with Gasteiger partial charge >= 0.3 is 5.97 Å². The minimum atomic E-state index is -0.997. The van der Waals surface area contributed by atoms with Crippen LogP contribution in [0, 0.1) is 23.7 Å². The number of aromatic amines is 2. The Labute approximate surface area is 642 Å². The zero-order valence-electron chi connectivity index (χ0n) is 64.4. The molecule has 107 heavy (non-hydrogen) atoms.